The van der Waals surface area contributed by atoms with E-state index in [1.165, 1.54) is 55.8 Å². The molecule has 16 N–H and O–H groups in total. The van der Waals surface area contributed by atoms with Gasteiger partial charge in [0.2, 0.25) is 65.0 Å². The van der Waals surface area contributed by atoms with Crippen molar-refractivity contribution in [2.24, 2.45) is 10.9 Å². The smallest absolute Gasteiger partial charge is 0.302 e. The number of unbranched alkanes of at least 4 members (excludes halogenated alkanes) is 2. The molecule has 38 heteroatoms. The predicted octanol–water partition coefficient (Wildman–Crippen LogP) is -6.35. The number of nitrogens with two attached hydrogens (primary N) is 1. The summed E-state index contributed by atoms with van der Waals surface area (Å²) in [7, 11) is 2.08. The SMILES string of the molecule is C[C@@H]1NC(=O)CNC(=O)[C@@H]2CCCN2C(=O)[C@H](C)NC(=O)[C@H](C)NC(=O)[C@H](CCCCNC(=O)/C=N/O[C@H]2O[C@H](CO)[C@@H](O)[C@H](O)[C@@H]2O)NC(=O)CNC(=O)[C@@H]2CCCN2C(=O)[C@H](C)NC(=O)[C@H](CCCCNC(=O)[C@@H](N)CSSc2ncccc2[N+](=O)[O-])NC1=O. The fourth-order valence-electron chi connectivity index (χ4n) is 9.93. The summed E-state index contributed by atoms with van der Waals surface area (Å²) in [6.07, 6.45) is -4.33. The zero-order valence-corrected chi connectivity index (χ0v) is 52.7. The van der Waals surface area contributed by atoms with Crippen molar-refractivity contribution in [3.63, 3.8) is 0 Å². The lowest BCUT2D eigenvalue weighted by molar-refractivity contribution is -0.388. The van der Waals surface area contributed by atoms with Gasteiger partial charge in [0.05, 0.1) is 30.7 Å². The first-order chi connectivity index (χ1) is 43.7. The Hall–Kier alpha value is -7.88. The molecule has 1 aromatic rings. The highest BCUT2D eigenvalue weighted by Crippen LogP contribution is 2.35. The molecule has 0 radical (unpaired) electrons. The third kappa shape index (κ3) is 22.5. The van der Waals surface area contributed by atoms with Gasteiger partial charge in [-0.1, -0.05) is 15.9 Å². The number of aliphatic hydroxyl groups is 4. The monoisotopic (exact) mass is 1340 g/mol. The van der Waals surface area contributed by atoms with Crippen molar-refractivity contribution in [2.45, 2.75) is 182 Å². The van der Waals surface area contributed by atoms with Gasteiger partial charge in [-0.3, -0.25) is 67.6 Å². The topological polar surface area (TPSA) is 525 Å². The third-order valence-corrected chi connectivity index (χ3v) is 17.4. The van der Waals surface area contributed by atoms with Crippen molar-refractivity contribution in [1.29, 1.82) is 0 Å². The molecule has 0 bridgehead atoms. The summed E-state index contributed by atoms with van der Waals surface area (Å²) in [5.74, 6) is -9.12. The lowest BCUT2D eigenvalue weighted by atomic mass is 9.99. The van der Waals surface area contributed by atoms with Gasteiger partial charge in [0.25, 0.3) is 12.2 Å². The first-order valence-corrected chi connectivity index (χ1v) is 32.2. The van der Waals surface area contributed by atoms with Crippen LogP contribution < -0.4 is 58.9 Å². The largest absolute Gasteiger partial charge is 0.394 e. The molecule has 12 amide bonds. The summed E-state index contributed by atoms with van der Waals surface area (Å²) < 4.78 is 5.16. The number of oxime groups is 1. The number of aromatic nitrogens is 1. The van der Waals surface area contributed by atoms with Crippen molar-refractivity contribution in [2.75, 3.05) is 51.6 Å². The summed E-state index contributed by atoms with van der Waals surface area (Å²) in [4.78, 5) is 184. The number of hydrogen-bond acceptors (Lipinski definition) is 25. The van der Waals surface area contributed by atoms with E-state index in [1.54, 1.807) is 0 Å². The quantitative estimate of drug-likeness (QED) is 0.0190. The minimum absolute atomic E-state index is 0.0204. The highest BCUT2D eigenvalue weighted by molar-refractivity contribution is 8.76. The van der Waals surface area contributed by atoms with Crippen LogP contribution >= 0.6 is 21.6 Å². The average Bonchev–Trinajstić information content (AvgIpc) is 1.78. The Morgan fingerprint density at radius 1 is 0.739 bits per heavy atom. The van der Waals surface area contributed by atoms with E-state index in [4.69, 9.17) is 15.3 Å². The van der Waals surface area contributed by atoms with Gasteiger partial charge in [-0.15, -0.1) is 0 Å². The number of nitrogens with one attached hydrogen (secondary N) is 10. The van der Waals surface area contributed by atoms with Gasteiger partial charge in [0.15, 0.2) is 5.03 Å². The Morgan fingerprint density at radius 3 is 1.84 bits per heavy atom. The van der Waals surface area contributed by atoms with E-state index >= 15 is 0 Å². The maximum absolute atomic E-state index is 14.0. The molecule has 0 spiro atoms. The number of nitro groups is 1. The molecule has 4 aliphatic heterocycles. The van der Waals surface area contributed by atoms with Crippen molar-refractivity contribution in [3.05, 3.63) is 28.4 Å². The molecule has 4 aliphatic rings. The summed E-state index contributed by atoms with van der Waals surface area (Å²) in [5, 5.41) is 79.7. The van der Waals surface area contributed by atoms with Crippen molar-refractivity contribution in [1.82, 2.24) is 68.0 Å². The minimum atomic E-state index is -1.78. The second-order valence-corrected chi connectivity index (χ2v) is 24.5. The third-order valence-electron chi connectivity index (χ3n) is 15.1. The molecule has 92 heavy (non-hydrogen) atoms. The van der Waals surface area contributed by atoms with E-state index in [1.807, 2.05) is 0 Å². The van der Waals surface area contributed by atoms with Gasteiger partial charge in [0, 0.05) is 44.2 Å². The number of aliphatic hydroxyl groups excluding tert-OH is 4. The van der Waals surface area contributed by atoms with Crippen LogP contribution in [0.15, 0.2) is 28.5 Å². The lowest BCUT2D eigenvalue weighted by Gasteiger charge is -2.38. The van der Waals surface area contributed by atoms with Gasteiger partial charge in [-0.05, 0) is 109 Å². The number of carbonyl (C=O) groups is 12. The Balaban J connectivity index is 1.25. The van der Waals surface area contributed by atoms with Crippen LogP contribution in [0.25, 0.3) is 0 Å². The Bertz CT molecular complexity index is 2840. The van der Waals surface area contributed by atoms with E-state index in [0.717, 1.165) is 21.6 Å². The number of amides is 12. The molecule has 510 valence electrons. The summed E-state index contributed by atoms with van der Waals surface area (Å²) in [6, 6.07) is -8.34. The zero-order chi connectivity index (χ0) is 67.8. The van der Waals surface area contributed by atoms with Crippen LogP contribution in [0.4, 0.5) is 5.69 Å². The first kappa shape index (κ1) is 74.8. The zero-order valence-electron chi connectivity index (χ0n) is 51.1. The molecular formula is C54H82N16O20S2. The lowest BCUT2D eigenvalue weighted by Crippen LogP contribution is -2.58. The second kappa shape index (κ2) is 37.0. The van der Waals surface area contributed by atoms with Gasteiger partial charge < -0.3 is 98.7 Å². The molecular weight excluding hydrogens is 1260 g/mol. The number of fused-ring (bicyclic) bond motifs is 2. The molecule has 36 nitrogen and oxygen atoms in total. The number of carbonyl (C=O) groups excluding carboxylic acids is 12. The number of nitrogens with zero attached hydrogens (tertiary/aromatic N) is 5. The van der Waals surface area contributed by atoms with E-state index < -0.39 is 181 Å². The molecule has 5 rings (SSSR count). The molecule has 4 saturated heterocycles. The molecule has 5 heterocycles. The number of rotatable bonds is 20. The summed E-state index contributed by atoms with van der Waals surface area (Å²) >= 11 is 0. The van der Waals surface area contributed by atoms with Crippen molar-refractivity contribution < 1.29 is 92.5 Å². The molecule has 0 aliphatic carbocycles. The van der Waals surface area contributed by atoms with Gasteiger partial charge in [-0.2, -0.15) is 0 Å². The molecule has 1 aromatic heterocycles. The molecule has 0 saturated carbocycles. The van der Waals surface area contributed by atoms with Gasteiger partial charge in [0.1, 0.15) is 79.0 Å². The minimum Gasteiger partial charge on any atom is -0.394 e. The molecule has 14 atom stereocenters. The number of pyridine rings is 1. The van der Waals surface area contributed by atoms with Crippen molar-refractivity contribution in [3.8, 4) is 0 Å². The Kier molecular flexibility index (Phi) is 30.1. The highest BCUT2D eigenvalue weighted by atomic mass is 33.1. The standard InChI is InChI=1S/C54H82N16O20S2/c1-27-45(79)67-33(13-6-8-18-57-46(80)31(55)26-91-92-51-36(70(87)88)14-9-19-58-51)48(82)65-30(4)53(86)69-21-11-16-35(69)50(84)60-23-40(74)66-32(12-5-7-17-56-38(72)24-61-90-54-43(77)42(76)41(75)37(25-71)89-54)47(81)63-28(2)44(78)64-29(3)52(85)68-20-10-15-34(68)49(83)59-22-39(73)62-27/h9,14,19,24,27-35,37,41-43,54,71,75-77H,5-8,10-13,15-18,20-23,25-26,55H2,1-4H3,(H,56,72)(H,57,80)(H,59,83)(H,60,84)(H,62,73)(H,63,81)(H,64,78)(H,65,82)(H,66,74)(H,67,79)/b61-24+/t27-,28-,29-,30-,31-,32-,33-,34-,35-,37+,41+,42-,43-,54+/m0/s1. The van der Waals surface area contributed by atoms with Crippen LogP contribution in [-0.2, 0) is 67.1 Å². The van der Waals surface area contributed by atoms with Gasteiger partial charge >= 0.3 is 5.69 Å². The normalized spacial score (nSPS) is 28.4. The molecule has 4 fully saturated rings. The van der Waals surface area contributed by atoms with E-state index in [0.29, 0.717) is 19.1 Å². The second-order valence-electron chi connectivity index (χ2n) is 22.1. The van der Waals surface area contributed by atoms with Crippen LogP contribution in [0.5, 0.6) is 0 Å². The fraction of sp³-hybridized carbons (Fsp3) is 0.667. The fourth-order valence-corrected chi connectivity index (χ4v) is 12.1. The number of hydrogen-bond donors (Lipinski definition) is 15. The maximum atomic E-state index is 14.0. The van der Waals surface area contributed by atoms with Crippen LogP contribution in [-0.4, -0.2) is 254 Å². The summed E-state index contributed by atoms with van der Waals surface area (Å²) in [5.41, 5.74) is 5.86. The Labute approximate surface area is 535 Å². The van der Waals surface area contributed by atoms with Crippen LogP contribution in [0.2, 0.25) is 0 Å². The van der Waals surface area contributed by atoms with Crippen LogP contribution in [0.1, 0.15) is 91.9 Å². The number of ether oxygens (including phenoxy) is 1. The first-order valence-electron chi connectivity index (χ1n) is 29.9. The van der Waals surface area contributed by atoms with E-state index in [2.05, 4.69) is 63.3 Å². The van der Waals surface area contributed by atoms with Crippen molar-refractivity contribution >= 4 is 104 Å². The summed E-state index contributed by atoms with van der Waals surface area (Å²) in [6.45, 7) is 3.52. The molecule has 0 unspecified atom stereocenters. The van der Waals surface area contributed by atoms with Crippen LogP contribution in [0.3, 0.4) is 0 Å². The predicted molar refractivity (Wildman–Crippen MR) is 324 cm³/mol. The highest BCUT2D eigenvalue weighted by Gasteiger charge is 2.45. The maximum Gasteiger partial charge on any atom is 0.302 e. The van der Waals surface area contributed by atoms with E-state index in [-0.39, 0.29) is 94.0 Å². The van der Waals surface area contributed by atoms with E-state index in [9.17, 15) is 88.1 Å². The molecule has 0 aromatic carbocycles. The van der Waals surface area contributed by atoms with Crippen LogP contribution in [0, 0.1) is 10.1 Å². The van der Waals surface area contributed by atoms with Gasteiger partial charge in [-0.25, -0.2) is 4.98 Å². The Morgan fingerprint density at radius 2 is 1.26 bits per heavy atom. The average molecular weight is 1340 g/mol.